The molecule has 1 fully saturated rings. The van der Waals surface area contributed by atoms with Crippen molar-refractivity contribution in [1.82, 2.24) is 19.2 Å². The van der Waals surface area contributed by atoms with Crippen LogP contribution in [0.3, 0.4) is 0 Å². The van der Waals surface area contributed by atoms with E-state index in [0.29, 0.717) is 11.4 Å². The molecule has 0 radical (unpaired) electrons. The number of hydrogen-bond acceptors (Lipinski definition) is 3. The van der Waals surface area contributed by atoms with Crippen LogP contribution in [0.2, 0.25) is 0 Å². The maximum atomic E-state index is 13.2. The standard InChI is InChI=1S/C20H24N4O2/c1-13-7-6-10-23(12-13)19(25)14(2)24-17-9-5-4-8-15(17)16-11-21-22(3)20(26)18(16)24/h4-5,8-9,11,13-14H,6-7,10,12H2,1-3H3/t13-,14-/m0/s1. The zero-order chi connectivity index (χ0) is 18.4. The molecule has 1 aromatic carbocycles. The number of carbonyl (C=O) groups is 1. The van der Waals surface area contributed by atoms with Crippen molar-refractivity contribution in [1.29, 1.82) is 0 Å². The third-order valence-corrected chi connectivity index (χ3v) is 5.52. The molecule has 0 bridgehead atoms. The van der Waals surface area contributed by atoms with Crippen molar-refractivity contribution in [3.8, 4) is 0 Å². The molecule has 2 atom stereocenters. The van der Waals surface area contributed by atoms with Gasteiger partial charge in [-0.2, -0.15) is 5.10 Å². The lowest BCUT2D eigenvalue weighted by Gasteiger charge is -2.33. The SMILES string of the molecule is C[C@H]1CCCN(C(=O)[C@H](C)n2c3ccccc3c3cnn(C)c(=O)c32)C1. The first-order valence-corrected chi connectivity index (χ1v) is 9.22. The highest BCUT2D eigenvalue weighted by atomic mass is 16.2. The zero-order valence-corrected chi connectivity index (χ0v) is 15.5. The fourth-order valence-electron chi connectivity index (χ4n) is 4.15. The minimum Gasteiger partial charge on any atom is -0.341 e. The molecule has 1 saturated heterocycles. The minimum absolute atomic E-state index is 0.0815. The normalized spacial score (nSPS) is 19.2. The van der Waals surface area contributed by atoms with Gasteiger partial charge in [0, 0.05) is 30.9 Å². The van der Waals surface area contributed by atoms with Gasteiger partial charge >= 0.3 is 0 Å². The van der Waals surface area contributed by atoms with Crippen molar-refractivity contribution < 1.29 is 4.79 Å². The number of amides is 1. The molecule has 4 rings (SSSR count). The molecule has 136 valence electrons. The Bertz CT molecular complexity index is 1050. The van der Waals surface area contributed by atoms with E-state index in [1.165, 1.54) is 11.1 Å². The summed E-state index contributed by atoms with van der Waals surface area (Å²) in [7, 11) is 1.64. The zero-order valence-electron chi connectivity index (χ0n) is 15.5. The number of nitrogens with zero attached hydrogens (tertiary/aromatic N) is 4. The lowest BCUT2D eigenvalue weighted by Crippen LogP contribution is -2.42. The Morgan fingerprint density at radius 2 is 2.04 bits per heavy atom. The van der Waals surface area contributed by atoms with E-state index in [1.807, 2.05) is 40.7 Å². The van der Waals surface area contributed by atoms with Gasteiger partial charge in [-0.05, 0) is 31.7 Å². The monoisotopic (exact) mass is 352 g/mol. The molecule has 2 aromatic heterocycles. The van der Waals surface area contributed by atoms with Crippen LogP contribution >= 0.6 is 0 Å². The highest BCUT2D eigenvalue weighted by molar-refractivity contribution is 6.08. The summed E-state index contributed by atoms with van der Waals surface area (Å²) in [4.78, 5) is 28.0. The van der Waals surface area contributed by atoms with Crippen molar-refractivity contribution >= 4 is 27.7 Å². The van der Waals surface area contributed by atoms with E-state index < -0.39 is 6.04 Å². The largest absolute Gasteiger partial charge is 0.341 e. The lowest BCUT2D eigenvalue weighted by atomic mass is 10.00. The number of aromatic nitrogens is 3. The first-order valence-electron chi connectivity index (χ1n) is 9.22. The van der Waals surface area contributed by atoms with Crippen LogP contribution in [0.1, 0.15) is 32.7 Å². The second-order valence-corrected chi connectivity index (χ2v) is 7.43. The lowest BCUT2D eigenvalue weighted by molar-refractivity contribution is -0.135. The van der Waals surface area contributed by atoms with Crippen LogP contribution in [0, 0.1) is 5.92 Å². The average molecular weight is 352 g/mol. The molecule has 0 unspecified atom stereocenters. The van der Waals surface area contributed by atoms with E-state index in [1.54, 1.807) is 13.2 Å². The molecule has 0 aliphatic carbocycles. The number of hydrogen-bond donors (Lipinski definition) is 0. The van der Waals surface area contributed by atoms with E-state index >= 15 is 0 Å². The van der Waals surface area contributed by atoms with Gasteiger partial charge in [-0.15, -0.1) is 0 Å². The van der Waals surface area contributed by atoms with Gasteiger partial charge in [0.15, 0.2) is 0 Å². The number of fused-ring (bicyclic) bond motifs is 3. The van der Waals surface area contributed by atoms with Crippen LogP contribution in [0.25, 0.3) is 21.8 Å². The summed E-state index contributed by atoms with van der Waals surface area (Å²) in [6.07, 6.45) is 3.92. The van der Waals surface area contributed by atoms with Crippen molar-refractivity contribution in [3.63, 3.8) is 0 Å². The molecular formula is C20H24N4O2. The summed E-state index contributed by atoms with van der Waals surface area (Å²) in [5, 5.41) is 5.93. The number of rotatable bonds is 2. The van der Waals surface area contributed by atoms with Gasteiger partial charge in [0.25, 0.3) is 5.56 Å². The van der Waals surface area contributed by atoms with Gasteiger partial charge in [-0.1, -0.05) is 25.1 Å². The highest BCUT2D eigenvalue weighted by Gasteiger charge is 2.28. The quantitative estimate of drug-likeness (QED) is 0.712. The summed E-state index contributed by atoms with van der Waals surface area (Å²) >= 11 is 0. The topological polar surface area (TPSA) is 60.1 Å². The summed E-state index contributed by atoms with van der Waals surface area (Å²) in [5.74, 6) is 0.605. The first-order chi connectivity index (χ1) is 12.5. The summed E-state index contributed by atoms with van der Waals surface area (Å²) < 4.78 is 3.23. The molecule has 0 spiro atoms. The van der Waals surface area contributed by atoms with Gasteiger partial charge in [0.1, 0.15) is 11.6 Å². The third-order valence-electron chi connectivity index (χ3n) is 5.52. The Morgan fingerprint density at radius 3 is 2.81 bits per heavy atom. The van der Waals surface area contributed by atoms with Gasteiger partial charge in [0.05, 0.1) is 11.7 Å². The Morgan fingerprint density at radius 1 is 1.27 bits per heavy atom. The van der Waals surface area contributed by atoms with Crippen LogP contribution in [-0.2, 0) is 11.8 Å². The Labute approximate surface area is 152 Å². The van der Waals surface area contributed by atoms with Crippen LogP contribution in [0.5, 0.6) is 0 Å². The summed E-state index contributed by atoms with van der Waals surface area (Å²) in [6, 6.07) is 7.41. The van der Waals surface area contributed by atoms with Crippen LogP contribution in [0.15, 0.2) is 35.3 Å². The number of benzene rings is 1. The minimum atomic E-state index is -0.433. The van der Waals surface area contributed by atoms with Gasteiger partial charge < -0.3 is 9.47 Å². The number of para-hydroxylation sites is 1. The van der Waals surface area contributed by atoms with E-state index in [-0.39, 0.29) is 11.5 Å². The average Bonchev–Trinajstić information content (AvgIpc) is 2.98. The Balaban J connectivity index is 1.90. The summed E-state index contributed by atoms with van der Waals surface area (Å²) in [5.41, 5.74) is 1.28. The van der Waals surface area contributed by atoms with Crippen LogP contribution in [0.4, 0.5) is 0 Å². The predicted octanol–water partition coefficient (Wildman–Crippen LogP) is 2.71. The first kappa shape index (κ1) is 16.8. The van der Waals surface area contributed by atoms with Gasteiger partial charge in [-0.25, -0.2) is 4.68 Å². The molecule has 6 nitrogen and oxygen atoms in total. The molecule has 0 saturated carbocycles. The molecule has 1 aliphatic rings. The smallest absolute Gasteiger partial charge is 0.291 e. The maximum Gasteiger partial charge on any atom is 0.291 e. The molecule has 0 N–H and O–H groups in total. The molecule has 1 amide bonds. The van der Waals surface area contributed by atoms with E-state index in [9.17, 15) is 9.59 Å². The summed E-state index contributed by atoms with van der Waals surface area (Å²) in [6.45, 7) is 5.67. The van der Waals surface area contributed by atoms with Gasteiger partial charge in [0.2, 0.25) is 5.91 Å². The third kappa shape index (κ3) is 2.52. The predicted molar refractivity (Wildman–Crippen MR) is 102 cm³/mol. The van der Waals surface area contributed by atoms with E-state index in [4.69, 9.17) is 0 Å². The Kier molecular flexibility index (Phi) is 4.05. The van der Waals surface area contributed by atoms with Crippen LogP contribution in [-0.4, -0.2) is 38.2 Å². The van der Waals surface area contributed by atoms with Crippen LogP contribution < -0.4 is 5.56 Å². The van der Waals surface area contributed by atoms with Gasteiger partial charge in [-0.3, -0.25) is 9.59 Å². The second-order valence-electron chi connectivity index (χ2n) is 7.43. The maximum absolute atomic E-state index is 13.2. The van der Waals surface area contributed by atoms with Crippen molar-refractivity contribution in [2.24, 2.45) is 13.0 Å². The molecular weight excluding hydrogens is 328 g/mol. The fraction of sp³-hybridized carbons (Fsp3) is 0.450. The highest BCUT2D eigenvalue weighted by Crippen LogP contribution is 2.30. The second kappa shape index (κ2) is 6.27. The molecule has 6 heteroatoms. The molecule has 1 aliphatic heterocycles. The number of piperidine rings is 1. The van der Waals surface area contributed by atoms with Crippen molar-refractivity contribution in [3.05, 3.63) is 40.8 Å². The van der Waals surface area contributed by atoms with E-state index in [2.05, 4.69) is 12.0 Å². The van der Waals surface area contributed by atoms with Crippen molar-refractivity contribution in [2.45, 2.75) is 32.7 Å². The van der Waals surface area contributed by atoms with Crippen molar-refractivity contribution in [2.75, 3.05) is 13.1 Å². The fourth-order valence-corrected chi connectivity index (χ4v) is 4.15. The van der Waals surface area contributed by atoms with E-state index in [0.717, 1.165) is 35.8 Å². The molecule has 26 heavy (non-hydrogen) atoms. The Hall–Kier alpha value is -2.63. The molecule has 3 aromatic rings. The number of aryl methyl sites for hydroxylation is 1. The molecule has 3 heterocycles. The number of likely N-dealkylation sites (tertiary alicyclic amines) is 1. The number of carbonyl (C=O) groups excluding carboxylic acids is 1.